The van der Waals surface area contributed by atoms with E-state index in [4.69, 9.17) is 0 Å². The summed E-state index contributed by atoms with van der Waals surface area (Å²) in [5.41, 5.74) is 0. The molecule has 0 fully saturated rings. The van der Waals surface area contributed by atoms with Gasteiger partial charge in [-0.15, -0.1) is 0 Å². The van der Waals surface area contributed by atoms with Gasteiger partial charge in [-0.05, 0) is 0 Å². The molecule has 0 unspecified atom stereocenters. The van der Waals surface area contributed by atoms with E-state index in [1.165, 1.54) is 0 Å². The summed E-state index contributed by atoms with van der Waals surface area (Å²) < 4.78 is 0. The van der Waals surface area contributed by atoms with Crippen LogP contribution in [-0.4, -0.2) is 5.88 Å². The van der Waals surface area contributed by atoms with Gasteiger partial charge in [-0.3, -0.25) is 0 Å². The molecule has 0 N–H and O–H groups in total. The zero-order chi connectivity index (χ0) is 3.54. The van der Waals surface area contributed by atoms with Crippen molar-refractivity contribution in [2.24, 2.45) is 0 Å². The van der Waals surface area contributed by atoms with E-state index in [9.17, 15) is 0 Å². The summed E-state index contributed by atoms with van der Waals surface area (Å²) in [6.45, 7) is 0. The predicted octanol–water partition coefficient (Wildman–Crippen LogP) is 1.53. The van der Waals surface area contributed by atoms with Crippen LogP contribution in [0.25, 0.3) is 5.32 Å². The molecule has 0 bridgehead atoms. The second kappa shape index (κ2) is 12.8. The Morgan fingerprint density at radius 1 is 1.25 bits per heavy atom. The molecule has 37 valence electrons. The van der Waals surface area contributed by atoms with Crippen molar-refractivity contribution in [3.63, 3.8) is 0 Å². The van der Waals surface area contributed by atoms with Crippen molar-refractivity contribution in [2.75, 3.05) is 5.88 Å². The summed E-state index contributed by atoms with van der Waals surface area (Å²) in [5.74, 6) is 0.931. The van der Waals surface area contributed by atoms with Gasteiger partial charge in [-0.2, -0.15) is 18.0 Å². The van der Waals surface area contributed by atoms with Crippen LogP contribution >= 0.6 is 11.8 Å². The maximum atomic E-state index is 3.87. The molecule has 1 rings (SSSR count). The third kappa shape index (κ3) is 9.20. The summed E-state index contributed by atoms with van der Waals surface area (Å²) >= 11 is 1.73. The van der Waals surface area contributed by atoms with Crippen molar-refractivity contribution >= 4 is 11.8 Å². The molecular weight excluding hydrogens is 349 g/mol. The first kappa shape index (κ1) is 17.3. The number of hydrogen-bond donors (Lipinski definition) is 0. The molecule has 1 heterocycles. The quantitative estimate of drug-likeness (QED) is 0.645. The molecule has 1 nitrogen and oxygen atoms in total. The van der Waals surface area contributed by atoms with E-state index in [1.54, 1.807) is 11.8 Å². The van der Waals surface area contributed by atoms with Gasteiger partial charge < -0.3 is 5.32 Å². The van der Waals surface area contributed by atoms with Gasteiger partial charge in [-0.25, -0.2) is 0 Å². The van der Waals surface area contributed by atoms with Crippen molar-refractivity contribution < 1.29 is 98.1 Å². The van der Waals surface area contributed by atoms with Crippen molar-refractivity contribution in [3.05, 3.63) is 16.9 Å². The van der Waals surface area contributed by atoms with Crippen LogP contribution in [0.2, 0.25) is 0 Å². The van der Waals surface area contributed by atoms with Crippen LogP contribution < -0.4 is 0 Å². The minimum atomic E-state index is 0. The largest absolute Gasteiger partial charge is 0.682 e. The topological polar surface area (TPSA) is 14.1 Å². The van der Waals surface area contributed by atoms with E-state index < -0.39 is 0 Å². The van der Waals surface area contributed by atoms with Gasteiger partial charge in [0.25, 0.3) is 0 Å². The van der Waals surface area contributed by atoms with Crippen LogP contribution in [0.15, 0.2) is 11.6 Å². The molecule has 0 saturated heterocycles. The molecular formula is C3H4NSY3-. The Kier molecular flexibility index (Phi) is 27.8. The number of rotatable bonds is 0. The first-order valence-electron chi connectivity index (χ1n) is 1.43. The molecule has 1 aliphatic rings. The van der Waals surface area contributed by atoms with Crippen LogP contribution in [-0.2, 0) is 98.1 Å². The zero-order valence-corrected chi connectivity index (χ0v) is 13.8. The van der Waals surface area contributed by atoms with Gasteiger partial charge in [0.05, 0.1) is 0 Å². The number of thioether (sulfide) groups is 1. The molecule has 0 atom stereocenters. The van der Waals surface area contributed by atoms with E-state index in [0.717, 1.165) is 5.88 Å². The molecule has 0 saturated carbocycles. The molecule has 5 heteroatoms. The zero-order valence-electron chi connectivity index (χ0n) is 4.45. The Morgan fingerprint density at radius 3 is 2.00 bits per heavy atom. The monoisotopic (exact) mass is 353 g/mol. The molecule has 0 amide bonds. The third-order valence-corrected chi connectivity index (χ3v) is 1.02. The maximum Gasteiger partial charge on any atom is 0 e. The average molecular weight is 353 g/mol. The average Bonchev–Trinajstić information content (AvgIpc) is 1.76. The fourth-order valence-corrected chi connectivity index (χ4v) is 0.645. The molecule has 0 aromatic carbocycles. The van der Waals surface area contributed by atoms with E-state index >= 15 is 0 Å². The van der Waals surface area contributed by atoms with Gasteiger partial charge in [0.2, 0.25) is 0 Å². The molecule has 8 heavy (non-hydrogen) atoms. The first-order valence-corrected chi connectivity index (χ1v) is 2.48. The normalized spacial score (nSPS) is 12.0. The molecule has 3 radical (unpaired) electrons. The minimum absolute atomic E-state index is 0. The Bertz CT molecular complexity index is 52.5. The first-order chi connectivity index (χ1) is 2.50. The molecule has 0 aromatic rings. The Hall–Kier alpha value is 3.20. The van der Waals surface area contributed by atoms with Gasteiger partial charge in [0.15, 0.2) is 0 Å². The fraction of sp³-hybridized carbons (Fsp3) is 0.333. The van der Waals surface area contributed by atoms with Gasteiger partial charge in [0, 0.05) is 98.1 Å². The van der Waals surface area contributed by atoms with Crippen molar-refractivity contribution in [2.45, 2.75) is 0 Å². The molecule has 1 aliphatic heterocycles. The van der Waals surface area contributed by atoms with Crippen molar-refractivity contribution in [3.8, 4) is 0 Å². The second-order valence-electron chi connectivity index (χ2n) is 0.763. The van der Waals surface area contributed by atoms with Crippen LogP contribution in [0.5, 0.6) is 0 Å². The smallest absolute Gasteiger partial charge is 0 e. The van der Waals surface area contributed by atoms with E-state index in [2.05, 4.69) is 5.32 Å². The summed E-state index contributed by atoms with van der Waals surface area (Å²) in [6.07, 6.45) is 1.82. The van der Waals surface area contributed by atoms with Crippen LogP contribution in [0.3, 0.4) is 0 Å². The van der Waals surface area contributed by atoms with Crippen molar-refractivity contribution in [1.29, 1.82) is 0 Å². The van der Waals surface area contributed by atoms with Crippen molar-refractivity contribution in [1.82, 2.24) is 0 Å². The van der Waals surface area contributed by atoms with Crippen LogP contribution in [0.1, 0.15) is 0 Å². The summed E-state index contributed by atoms with van der Waals surface area (Å²) in [7, 11) is 0. The standard InChI is InChI=1S/C3H4NS.3Y/c1-2-5-3-4-1;;;/h1-2H,3H2;;;/q-1;;;. The summed E-state index contributed by atoms with van der Waals surface area (Å²) in [6, 6.07) is 0. The molecule has 0 aromatic heterocycles. The Labute approximate surface area is 130 Å². The predicted molar refractivity (Wildman–Crippen MR) is 25.0 cm³/mol. The summed E-state index contributed by atoms with van der Waals surface area (Å²) in [5, 5.41) is 5.85. The number of hydrogen-bond acceptors (Lipinski definition) is 1. The molecule has 0 aliphatic carbocycles. The van der Waals surface area contributed by atoms with Gasteiger partial charge in [-0.1, -0.05) is 11.3 Å². The van der Waals surface area contributed by atoms with E-state index in [-0.39, 0.29) is 98.1 Å². The van der Waals surface area contributed by atoms with E-state index in [0.29, 0.717) is 0 Å². The summed E-state index contributed by atoms with van der Waals surface area (Å²) in [4.78, 5) is 0. The van der Waals surface area contributed by atoms with E-state index in [1.807, 2.05) is 11.6 Å². The molecule has 0 spiro atoms. The van der Waals surface area contributed by atoms with Gasteiger partial charge >= 0.3 is 0 Å². The minimum Gasteiger partial charge on any atom is -0.682 e. The fourth-order valence-electron chi connectivity index (χ4n) is 0.215. The maximum absolute atomic E-state index is 3.87. The van der Waals surface area contributed by atoms with Gasteiger partial charge in [0.1, 0.15) is 0 Å². The third-order valence-electron chi connectivity index (χ3n) is 0.412. The SMILES string of the molecule is C1=CSC[N-]1.[Y].[Y].[Y]. The second-order valence-corrected chi connectivity index (χ2v) is 1.63. The Morgan fingerprint density at radius 2 is 1.88 bits per heavy atom. The Balaban J connectivity index is -0.0000000833. The number of nitrogens with zero attached hydrogens (tertiary/aromatic N) is 1. The van der Waals surface area contributed by atoms with Crippen LogP contribution in [0, 0.1) is 0 Å². The van der Waals surface area contributed by atoms with Crippen LogP contribution in [0.4, 0.5) is 0 Å².